The number of hydrogen-bond acceptors (Lipinski definition) is 14. The minimum Gasteiger partial charge on any atom is -0.379 e. The van der Waals surface area contributed by atoms with E-state index in [0.717, 1.165) is 42.7 Å². The fraction of sp³-hybridized carbons (Fsp3) is 0.739. The summed E-state index contributed by atoms with van der Waals surface area (Å²) in [4.78, 5) is 182. The van der Waals surface area contributed by atoms with Gasteiger partial charge < -0.3 is 70.4 Å². The minimum absolute atomic E-state index is 0.0781. The van der Waals surface area contributed by atoms with Gasteiger partial charge in [0.1, 0.15) is 48.4 Å². The lowest BCUT2D eigenvalue weighted by atomic mass is 9.92. The summed E-state index contributed by atoms with van der Waals surface area (Å²) >= 11 is 6.13. The number of benzene rings is 1. The molecule has 1 heterocycles. The number of rotatable bonds is 18. The Kier molecular flexibility index (Phi) is 33.6. The van der Waals surface area contributed by atoms with Gasteiger partial charge in [-0.1, -0.05) is 92.3 Å². The summed E-state index contributed by atoms with van der Waals surface area (Å²) < 4.78 is 53.4. The van der Waals surface area contributed by atoms with Gasteiger partial charge in [0.2, 0.25) is 70.9 Å². The third kappa shape index (κ3) is 26.4. The highest BCUT2D eigenvalue weighted by atomic mass is 35.5. The van der Waals surface area contributed by atoms with Crippen LogP contribution in [0.4, 0.5) is 13.2 Å². The molecule has 1 aliphatic heterocycles. The Morgan fingerprint density at radius 1 is 0.646 bits per heavy atom. The van der Waals surface area contributed by atoms with Crippen molar-refractivity contribution in [1.82, 2.24) is 60.9 Å². The van der Waals surface area contributed by atoms with Crippen LogP contribution in [0.2, 0.25) is 5.02 Å². The molecule has 1 aliphatic carbocycles. The number of nitrogens with zero attached hydrogens (tertiary/aromatic N) is 7. The molecule has 3 rings (SSSR count). The van der Waals surface area contributed by atoms with Gasteiger partial charge in [-0.3, -0.25) is 57.5 Å². The van der Waals surface area contributed by atoms with E-state index < -0.39 is 180 Å². The molecule has 1 saturated carbocycles. The quantitative estimate of drug-likeness (QED) is 0.127. The van der Waals surface area contributed by atoms with Crippen LogP contribution in [-0.2, 0) is 79.6 Å². The molecule has 1 spiro atoms. The first-order valence-corrected chi connectivity index (χ1v) is 34.6. The van der Waals surface area contributed by atoms with Crippen LogP contribution in [0.15, 0.2) is 18.2 Å². The molecule has 0 unspecified atom stereocenters. The van der Waals surface area contributed by atoms with Crippen LogP contribution in [0.25, 0.3) is 0 Å². The van der Waals surface area contributed by atoms with E-state index in [1.54, 1.807) is 34.6 Å². The molecule has 0 radical (unpaired) electrons. The summed E-state index contributed by atoms with van der Waals surface area (Å²) in [5, 5.41) is 13.4. The molecule has 12 amide bonds. The highest BCUT2D eigenvalue weighted by Crippen LogP contribution is 2.36. The summed E-state index contributed by atoms with van der Waals surface area (Å²) in [6, 6.07) is -6.07. The van der Waals surface area contributed by atoms with Gasteiger partial charge in [-0.15, -0.1) is 0 Å². The highest BCUT2D eigenvalue weighted by Gasteiger charge is 2.49. The first-order valence-electron chi connectivity index (χ1n) is 34.2. The number of ether oxygens (including phenoxy) is 2. The summed E-state index contributed by atoms with van der Waals surface area (Å²) in [5.74, 6) is -9.43. The normalized spacial score (nSPS) is 23.5. The second-order valence-electron chi connectivity index (χ2n) is 29.1. The van der Waals surface area contributed by atoms with Gasteiger partial charge in [0.05, 0.1) is 43.4 Å². The Balaban J connectivity index is 2.32. The summed E-state index contributed by atoms with van der Waals surface area (Å²) in [5.41, 5.74) is -3.31. The summed E-state index contributed by atoms with van der Waals surface area (Å²) in [6.45, 7) is 18.3. The first-order chi connectivity index (χ1) is 45.9. The van der Waals surface area contributed by atoms with E-state index in [-0.39, 0.29) is 81.5 Å². The van der Waals surface area contributed by atoms with Crippen molar-refractivity contribution in [1.29, 1.82) is 0 Å². The van der Waals surface area contributed by atoms with Crippen LogP contribution in [-0.4, -0.2) is 254 Å². The van der Waals surface area contributed by atoms with E-state index in [9.17, 15) is 56.3 Å². The summed E-state index contributed by atoms with van der Waals surface area (Å²) in [6.07, 6.45) is -3.35. The standard InChI is InChI=1S/C69H112ClF3N12O14/c1-20-44(8)59-65(96)81(15)36-57(89)79(13)37-58(90)83(17)53(39-98-30-27-41(2)3)64(95)80(14)35-54(86)75-49(26-24-46-23-25-47(48(70)34-46)69(71,72)73)63(94)84(18)52(38-99-40-55(87)77-67(10,11)12)62(93)78-68(28-21-22-29-68)66(97)85(19)51(32-43(6)7)60(91)74-45(9)33-56(88)82(16)50(31-42(4)5)61(92)76-59/h23,25,34,41-45,49-53,59H,20-22,24,26-33,35-40H2,1-19H3,(H,74,91)(H,75,86)(H,76,92)(H,77,87)(H,78,93)/t44-,45+,49-,50-,51-,52-,53-,59-/m0/s1. The fourth-order valence-corrected chi connectivity index (χ4v) is 12.0. The summed E-state index contributed by atoms with van der Waals surface area (Å²) in [7, 11) is 9.34. The topological polar surface area (TPSA) is 306 Å². The van der Waals surface area contributed by atoms with Crippen LogP contribution in [0.3, 0.4) is 0 Å². The molecule has 1 saturated heterocycles. The number of nitrogens with one attached hydrogen (secondary N) is 5. The van der Waals surface area contributed by atoms with Gasteiger partial charge in [0.15, 0.2) is 0 Å². The van der Waals surface area contributed by atoms with Crippen molar-refractivity contribution in [2.45, 2.75) is 213 Å². The van der Waals surface area contributed by atoms with E-state index in [1.807, 2.05) is 48.5 Å². The van der Waals surface area contributed by atoms with Gasteiger partial charge in [0, 0.05) is 73.9 Å². The van der Waals surface area contributed by atoms with Gasteiger partial charge in [-0.2, -0.15) is 13.2 Å². The molecule has 5 N–H and O–H groups in total. The largest absolute Gasteiger partial charge is 0.417 e. The van der Waals surface area contributed by atoms with Crippen molar-refractivity contribution < 1.29 is 80.2 Å². The van der Waals surface area contributed by atoms with Crippen molar-refractivity contribution in [3.05, 3.63) is 34.3 Å². The van der Waals surface area contributed by atoms with Crippen molar-refractivity contribution in [2.24, 2.45) is 23.7 Å². The maximum absolute atomic E-state index is 15.3. The van der Waals surface area contributed by atoms with Gasteiger partial charge in [-0.05, 0) is 114 Å². The predicted molar refractivity (Wildman–Crippen MR) is 367 cm³/mol. The molecule has 26 nitrogen and oxygen atoms in total. The molecule has 2 aliphatic rings. The fourth-order valence-electron chi connectivity index (χ4n) is 11.7. The molecule has 30 heteroatoms. The van der Waals surface area contributed by atoms with Crippen LogP contribution in [0.1, 0.15) is 158 Å². The van der Waals surface area contributed by atoms with Crippen molar-refractivity contribution in [2.75, 3.05) is 95.4 Å². The predicted octanol–water partition coefficient (Wildman–Crippen LogP) is 4.41. The molecule has 560 valence electrons. The van der Waals surface area contributed by atoms with Crippen molar-refractivity contribution in [3.63, 3.8) is 0 Å². The van der Waals surface area contributed by atoms with Gasteiger partial charge >= 0.3 is 6.18 Å². The van der Waals surface area contributed by atoms with E-state index in [0.29, 0.717) is 25.7 Å². The Morgan fingerprint density at radius 2 is 1.19 bits per heavy atom. The average molecular weight is 1430 g/mol. The molecule has 0 aromatic heterocycles. The number of amides is 12. The molecule has 1 aromatic carbocycles. The highest BCUT2D eigenvalue weighted by molar-refractivity contribution is 6.31. The van der Waals surface area contributed by atoms with E-state index in [4.69, 9.17) is 21.1 Å². The maximum Gasteiger partial charge on any atom is 0.417 e. The van der Waals surface area contributed by atoms with E-state index >= 15 is 14.4 Å². The molecular weight excluding hydrogens is 1310 g/mol. The second kappa shape index (κ2) is 38.6. The van der Waals surface area contributed by atoms with E-state index in [2.05, 4.69) is 26.6 Å². The third-order valence-electron chi connectivity index (χ3n) is 17.9. The average Bonchev–Trinajstić information content (AvgIpc) is 1.72. The third-order valence-corrected chi connectivity index (χ3v) is 18.2. The maximum atomic E-state index is 15.3. The van der Waals surface area contributed by atoms with Gasteiger partial charge in [-0.25, -0.2) is 0 Å². The van der Waals surface area contributed by atoms with Gasteiger partial charge in [0.25, 0.3) is 0 Å². The van der Waals surface area contributed by atoms with Crippen LogP contribution >= 0.6 is 11.6 Å². The Labute approximate surface area is 587 Å². The number of hydrogen-bond donors (Lipinski definition) is 5. The van der Waals surface area contributed by atoms with Crippen LogP contribution in [0, 0.1) is 23.7 Å². The molecule has 1 aromatic rings. The zero-order chi connectivity index (χ0) is 75.4. The lowest BCUT2D eigenvalue weighted by Crippen LogP contribution is -2.65. The van der Waals surface area contributed by atoms with Crippen molar-refractivity contribution >= 4 is 82.5 Å². The second-order valence-corrected chi connectivity index (χ2v) is 29.5. The molecule has 8 atom stereocenters. The molecular formula is C69H112ClF3N12O14. The first kappa shape index (κ1) is 86.1. The number of carbonyl (C=O) groups excluding carboxylic acids is 12. The number of alkyl halides is 3. The molecule has 2 fully saturated rings. The lowest BCUT2D eigenvalue weighted by molar-refractivity contribution is -0.151. The van der Waals surface area contributed by atoms with Crippen LogP contribution < -0.4 is 26.6 Å². The molecule has 99 heavy (non-hydrogen) atoms. The minimum atomic E-state index is -4.81. The zero-order valence-electron chi connectivity index (χ0n) is 61.7. The zero-order valence-corrected chi connectivity index (χ0v) is 62.4. The number of likely N-dealkylation sites (N-methyl/N-ethyl adjacent to an activating group) is 7. The monoisotopic (exact) mass is 1420 g/mol. The smallest absolute Gasteiger partial charge is 0.379 e. The Morgan fingerprint density at radius 3 is 1.74 bits per heavy atom. The number of carbonyl (C=O) groups is 12. The lowest BCUT2D eigenvalue weighted by Gasteiger charge is -2.39. The van der Waals surface area contributed by atoms with E-state index in [1.165, 1.54) is 59.1 Å². The van der Waals surface area contributed by atoms with Crippen LogP contribution in [0.5, 0.6) is 0 Å². The number of aryl methyl sites for hydroxylation is 1. The number of halogens is 4. The SMILES string of the molecule is CC[C@H](C)[C@@H]1NC(=O)[C@H](CC(C)C)N(C)C(=O)C[C@@H](C)NC(=O)[C@H](CC(C)C)N(C)C(=O)C2(CCCC2)NC(=O)[C@H](COCC(=O)NC(C)(C)C)N(C)C(=O)[C@H](CCc2ccc(C(F)(F)F)c(Cl)c2)NC(=O)CN(C)C(=O)[C@H](COCCC(C)C)N(C)C(=O)CN(C)C(=O)CN(C)C1=O. The Hall–Kier alpha value is -7.14. The molecule has 0 bridgehead atoms. The van der Waals surface area contributed by atoms with Crippen molar-refractivity contribution in [3.8, 4) is 0 Å². The Bertz CT molecular complexity index is 2980.